The minimum Gasteiger partial charge on any atom is -0.385 e. The molecule has 0 aliphatic carbocycles. The number of nitriles is 1. The van der Waals surface area contributed by atoms with E-state index in [0.717, 1.165) is 49.7 Å². The quantitative estimate of drug-likeness (QED) is 0.693. The molecule has 1 amide bonds. The summed E-state index contributed by atoms with van der Waals surface area (Å²) < 4.78 is 7.23. The van der Waals surface area contributed by atoms with Crippen LogP contribution in [0, 0.1) is 11.3 Å². The van der Waals surface area contributed by atoms with Gasteiger partial charge in [-0.2, -0.15) is 5.26 Å². The zero-order valence-corrected chi connectivity index (χ0v) is 17.8. The Labute approximate surface area is 173 Å². The predicted molar refractivity (Wildman–Crippen MR) is 115 cm³/mol. The molecule has 6 nitrogen and oxygen atoms in total. The molecule has 6 heteroatoms. The highest BCUT2D eigenvalue weighted by Crippen LogP contribution is 2.27. The molecule has 0 saturated carbocycles. The number of hydrogen-bond acceptors (Lipinski definition) is 4. The molecule has 0 bridgehead atoms. The number of methoxy groups -OCH3 is 1. The number of fused-ring (bicyclic) bond motifs is 1. The van der Waals surface area contributed by atoms with E-state index in [1.54, 1.807) is 7.11 Å². The van der Waals surface area contributed by atoms with Crippen molar-refractivity contribution in [2.45, 2.75) is 58.2 Å². The van der Waals surface area contributed by atoms with E-state index in [2.05, 4.69) is 29.8 Å². The third-order valence-electron chi connectivity index (χ3n) is 5.70. The van der Waals surface area contributed by atoms with Crippen LogP contribution in [0.3, 0.4) is 0 Å². The fraction of sp³-hybridized carbons (Fsp3) is 0.565. The third-order valence-corrected chi connectivity index (χ3v) is 5.70. The highest BCUT2D eigenvalue weighted by molar-refractivity contribution is 6.00. The van der Waals surface area contributed by atoms with Crippen molar-refractivity contribution in [2.24, 2.45) is 0 Å². The van der Waals surface area contributed by atoms with Crippen molar-refractivity contribution in [2.75, 3.05) is 26.8 Å². The number of hydrogen-bond donors (Lipinski definition) is 1. The Morgan fingerprint density at radius 2 is 2.24 bits per heavy atom. The van der Waals surface area contributed by atoms with Crippen LogP contribution in [-0.4, -0.2) is 54.3 Å². The van der Waals surface area contributed by atoms with Crippen molar-refractivity contribution < 1.29 is 9.53 Å². The number of aryl methyl sites for hydroxylation is 1. The Bertz CT molecular complexity index is 875. The van der Waals surface area contributed by atoms with Gasteiger partial charge in [-0.05, 0) is 58.2 Å². The number of aromatic nitrogens is 1. The third kappa shape index (κ3) is 4.63. The number of rotatable bonds is 8. The number of nitrogens with zero attached hydrogens (tertiary/aromatic N) is 3. The van der Waals surface area contributed by atoms with Gasteiger partial charge in [0.05, 0.1) is 11.1 Å². The van der Waals surface area contributed by atoms with Crippen molar-refractivity contribution >= 4 is 16.8 Å². The van der Waals surface area contributed by atoms with E-state index >= 15 is 0 Å². The number of ether oxygens (including phenoxy) is 1. The van der Waals surface area contributed by atoms with Crippen molar-refractivity contribution in [3.8, 4) is 6.07 Å². The molecule has 29 heavy (non-hydrogen) atoms. The maximum absolute atomic E-state index is 13.7. The van der Waals surface area contributed by atoms with Gasteiger partial charge in [-0.15, -0.1) is 0 Å². The van der Waals surface area contributed by atoms with Crippen LogP contribution in [0.4, 0.5) is 0 Å². The van der Waals surface area contributed by atoms with E-state index < -0.39 is 0 Å². The minimum atomic E-state index is 0.0560. The van der Waals surface area contributed by atoms with E-state index in [1.807, 2.05) is 29.2 Å². The van der Waals surface area contributed by atoms with E-state index in [-0.39, 0.29) is 18.0 Å². The second-order valence-corrected chi connectivity index (χ2v) is 8.04. The number of amides is 1. The average Bonchev–Trinajstić information content (AvgIpc) is 3.10. The fourth-order valence-electron chi connectivity index (χ4n) is 4.37. The molecular weight excluding hydrogens is 364 g/mol. The van der Waals surface area contributed by atoms with Gasteiger partial charge in [-0.1, -0.05) is 12.1 Å². The Morgan fingerprint density at radius 3 is 2.90 bits per heavy atom. The lowest BCUT2D eigenvalue weighted by Gasteiger charge is -2.37. The first-order valence-corrected chi connectivity index (χ1v) is 10.6. The molecule has 0 spiro atoms. The molecule has 1 N–H and O–H groups in total. The highest BCUT2D eigenvalue weighted by atomic mass is 16.5. The number of para-hydroxylation sites is 1. The van der Waals surface area contributed by atoms with Gasteiger partial charge in [0.25, 0.3) is 5.91 Å². The molecule has 1 saturated heterocycles. The first-order valence-electron chi connectivity index (χ1n) is 10.6. The summed E-state index contributed by atoms with van der Waals surface area (Å²) >= 11 is 0. The monoisotopic (exact) mass is 396 g/mol. The second kappa shape index (κ2) is 9.91. The van der Waals surface area contributed by atoms with Crippen LogP contribution in [0.1, 0.15) is 55.6 Å². The lowest BCUT2D eigenvalue weighted by atomic mass is 10.0. The van der Waals surface area contributed by atoms with Crippen LogP contribution < -0.4 is 5.32 Å². The molecule has 0 unspecified atom stereocenters. The van der Waals surface area contributed by atoms with E-state index in [0.29, 0.717) is 24.4 Å². The molecule has 1 aliphatic rings. The lowest BCUT2D eigenvalue weighted by molar-refractivity contribution is 0.0562. The van der Waals surface area contributed by atoms with Gasteiger partial charge in [-0.25, -0.2) is 0 Å². The molecule has 156 valence electrons. The van der Waals surface area contributed by atoms with Gasteiger partial charge in [0, 0.05) is 44.3 Å². The summed E-state index contributed by atoms with van der Waals surface area (Å²) in [5.41, 5.74) is 2.16. The van der Waals surface area contributed by atoms with Gasteiger partial charge in [0.2, 0.25) is 0 Å². The van der Waals surface area contributed by atoms with Crippen LogP contribution in [0.5, 0.6) is 0 Å². The van der Waals surface area contributed by atoms with Crippen molar-refractivity contribution in [3.05, 3.63) is 35.5 Å². The summed E-state index contributed by atoms with van der Waals surface area (Å²) in [6.07, 6.45) is 3.91. The molecule has 1 aromatic heterocycles. The summed E-state index contributed by atoms with van der Waals surface area (Å²) in [5.74, 6) is 0.0560. The first-order chi connectivity index (χ1) is 14.1. The number of nitrogens with one attached hydrogen (secondary N) is 1. The van der Waals surface area contributed by atoms with Crippen LogP contribution in [0.25, 0.3) is 10.9 Å². The molecule has 1 aliphatic heterocycles. The van der Waals surface area contributed by atoms with Crippen LogP contribution >= 0.6 is 0 Å². The van der Waals surface area contributed by atoms with Crippen LogP contribution in [0.15, 0.2) is 24.3 Å². The largest absolute Gasteiger partial charge is 0.385 e. The molecule has 3 rings (SSSR count). The van der Waals surface area contributed by atoms with Gasteiger partial charge in [0.15, 0.2) is 0 Å². The molecular formula is C23H32N4O2. The Balaban J connectivity index is 2.01. The summed E-state index contributed by atoms with van der Waals surface area (Å²) in [4.78, 5) is 15.8. The standard InChI is InChI=1S/C23H32N4O2/c1-17(2)27(20-10-7-11-25-16-20)23(28)21-14-18-8-6-9-19(15-24)22(18)26(21)12-4-5-13-29-3/h6,8-9,14,17,20,25H,4-5,7,10-13,16H2,1-3H3/t20-/m1/s1. The summed E-state index contributed by atoms with van der Waals surface area (Å²) in [6, 6.07) is 10.3. The number of unbranched alkanes of at least 4 members (excludes halogenated alkanes) is 1. The smallest absolute Gasteiger partial charge is 0.271 e. The van der Waals surface area contributed by atoms with Crippen molar-refractivity contribution in [1.82, 2.24) is 14.8 Å². The summed E-state index contributed by atoms with van der Waals surface area (Å²) in [7, 11) is 1.70. The molecule has 2 heterocycles. The number of benzene rings is 1. The molecule has 1 fully saturated rings. The zero-order valence-electron chi connectivity index (χ0n) is 17.8. The molecule has 0 radical (unpaired) electrons. The maximum Gasteiger partial charge on any atom is 0.271 e. The zero-order chi connectivity index (χ0) is 20.8. The van der Waals surface area contributed by atoms with Gasteiger partial charge >= 0.3 is 0 Å². The van der Waals surface area contributed by atoms with Crippen LogP contribution in [-0.2, 0) is 11.3 Å². The van der Waals surface area contributed by atoms with Gasteiger partial charge in [0.1, 0.15) is 11.8 Å². The molecule has 1 atom stereocenters. The van der Waals surface area contributed by atoms with E-state index in [4.69, 9.17) is 4.74 Å². The number of carbonyl (C=O) groups is 1. The topological polar surface area (TPSA) is 70.3 Å². The first kappa shape index (κ1) is 21.4. The van der Waals surface area contributed by atoms with Gasteiger partial charge < -0.3 is 19.5 Å². The Hall–Kier alpha value is -2.36. The second-order valence-electron chi connectivity index (χ2n) is 8.04. The lowest BCUT2D eigenvalue weighted by Crippen LogP contribution is -2.52. The Kier molecular flexibility index (Phi) is 7.29. The normalized spacial score (nSPS) is 16.9. The minimum absolute atomic E-state index is 0.0560. The van der Waals surface area contributed by atoms with E-state index in [1.165, 1.54) is 0 Å². The SMILES string of the molecule is COCCCCn1c(C(=O)N(C(C)C)[C@@H]2CCCNC2)cc2cccc(C#N)c21. The molecule has 1 aromatic carbocycles. The maximum atomic E-state index is 13.7. The fourth-order valence-corrected chi connectivity index (χ4v) is 4.37. The average molecular weight is 397 g/mol. The van der Waals surface area contributed by atoms with Crippen molar-refractivity contribution in [1.29, 1.82) is 5.26 Å². The number of piperidine rings is 1. The summed E-state index contributed by atoms with van der Waals surface area (Å²) in [6.45, 7) is 7.40. The van der Waals surface area contributed by atoms with Gasteiger partial charge in [-0.3, -0.25) is 4.79 Å². The highest BCUT2D eigenvalue weighted by Gasteiger charge is 2.30. The summed E-state index contributed by atoms with van der Waals surface area (Å²) in [5, 5.41) is 14.0. The predicted octanol–water partition coefficient (Wildman–Crippen LogP) is 3.54. The molecule has 2 aromatic rings. The van der Waals surface area contributed by atoms with Crippen LogP contribution in [0.2, 0.25) is 0 Å². The Morgan fingerprint density at radius 1 is 1.41 bits per heavy atom. The van der Waals surface area contributed by atoms with E-state index in [9.17, 15) is 10.1 Å². The van der Waals surface area contributed by atoms with Crippen molar-refractivity contribution in [3.63, 3.8) is 0 Å². The number of carbonyl (C=O) groups excluding carboxylic acids is 1.